The second-order valence-corrected chi connectivity index (χ2v) is 9.03. The van der Waals surface area contributed by atoms with Crippen molar-refractivity contribution in [2.24, 2.45) is 4.99 Å². The van der Waals surface area contributed by atoms with E-state index in [1.165, 1.54) is 25.8 Å². The lowest BCUT2D eigenvalue weighted by molar-refractivity contribution is 0.556. The highest BCUT2D eigenvalue weighted by Crippen LogP contribution is 2.32. The fraction of sp³-hybridized carbons (Fsp3) is 0.609. The summed E-state index contributed by atoms with van der Waals surface area (Å²) in [6.45, 7) is 5.11. The molecule has 2 N–H and O–H groups in total. The zero-order valence-electron chi connectivity index (χ0n) is 20.4. The number of aliphatic imine (C=N–C) groups is 1. The van der Waals surface area contributed by atoms with Crippen molar-refractivity contribution in [3.63, 3.8) is 0 Å². The number of nitrogens with two attached hydrogens (primary N) is 1. The fourth-order valence-corrected chi connectivity index (χ4v) is 3.69. The molecule has 2 saturated carbocycles. The van der Waals surface area contributed by atoms with Crippen LogP contribution in [0.5, 0.6) is 0 Å². The molecule has 2 aromatic rings. The first-order chi connectivity index (χ1) is 16.2. The third-order valence-corrected chi connectivity index (χ3v) is 5.60. The molecule has 0 atom stereocenters. The Kier molecular flexibility index (Phi) is 7.95. The van der Waals surface area contributed by atoms with Crippen molar-refractivity contribution in [2.45, 2.75) is 77.5 Å². The van der Waals surface area contributed by atoms with Crippen LogP contribution in [0.2, 0.25) is 0 Å². The Bertz CT molecular complexity index is 1270. The minimum atomic E-state index is -0.271. The van der Waals surface area contributed by atoms with Crippen LogP contribution in [0.15, 0.2) is 36.3 Å². The van der Waals surface area contributed by atoms with Gasteiger partial charge in [0, 0.05) is 51.4 Å². The van der Waals surface area contributed by atoms with E-state index in [0.29, 0.717) is 18.9 Å². The van der Waals surface area contributed by atoms with Crippen LogP contribution in [-0.4, -0.2) is 43.6 Å². The summed E-state index contributed by atoms with van der Waals surface area (Å²) in [6.07, 6.45) is 6.93. The first-order valence-corrected chi connectivity index (χ1v) is 11.9. The molecule has 2 fully saturated rings. The summed E-state index contributed by atoms with van der Waals surface area (Å²) in [6, 6.07) is 2.99. The molecule has 0 unspecified atom stereocenters. The van der Waals surface area contributed by atoms with Crippen LogP contribution >= 0.6 is 0 Å². The molecule has 0 bridgehead atoms. The van der Waals surface area contributed by atoms with Gasteiger partial charge >= 0.3 is 11.4 Å². The monoisotopic (exact) mass is 473 g/mol. The van der Waals surface area contributed by atoms with E-state index in [1.807, 2.05) is 27.9 Å². The average molecular weight is 474 g/mol. The molecular weight excluding hydrogens is 438 g/mol. The highest BCUT2D eigenvalue weighted by atomic mass is 16.2. The van der Waals surface area contributed by atoms with Crippen molar-refractivity contribution < 1.29 is 0 Å². The summed E-state index contributed by atoms with van der Waals surface area (Å²) in [5.74, 6) is 0.700. The zero-order valence-corrected chi connectivity index (χ0v) is 20.4. The number of anilines is 1. The van der Waals surface area contributed by atoms with Crippen LogP contribution in [0.1, 0.15) is 64.5 Å². The van der Waals surface area contributed by atoms with Crippen LogP contribution in [-0.2, 0) is 13.1 Å². The van der Waals surface area contributed by atoms with Crippen molar-refractivity contribution in [1.82, 2.24) is 23.2 Å². The number of aromatic nitrogens is 4. The molecule has 2 heterocycles. The van der Waals surface area contributed by atoms with Gasteiger partial charge in [0.2, 0.25) is 0 Å². The zero-order chi connectivity index (χ0) is 25.0. The van der Waals surface area contributed by atoms with Crippen molar-refractivity contribution in [1.29, 1.82) is 0 Å². The van der Waals surface area contributed by atoms with Gasteiger partial charge in [-0.3, -0.25) is 27.9 Å². The van der Waals surface area contributed by atoms with E-state index in [2.05, 4.69) is 4.99 Å². The van der Waals surface area contributed by atoms with E-state index >= 15 is 0 Å². The normalized spacial score (nSPS) is 15.3. The van der Waals surface area contributed by atoms with E-state index < -0.39 is 0 Å². The minimum absolute atomic E-state index is 0.0926. The van der Waals surface area contributed by atoms with E-state index in [4.69, 9.17) is 5.73 Å². The minimum Gasteiger partial charge on any atom is -0.385 e. The second-order valence-electron chi connectivity index (χ2n) is 9.03. The summed E-state index contributed by atoms with van der Waals surface area (Å²) < 4.78 is 5.75. The lowest BCUT2D eigenvalue weighted by Crippen LogP contribution is -2.40. The Morgan fingerprint density at radius 1 is 0.882 bits per heavy atom. The van der Waals surface area contributed by atoms with E-state index in [-0.39, 0.29) is 40.4 Å². The largest absolute Gasteiger partial charge is 0.385 e. The Labute approximate surface area is 197 Å². The molecular formula is C23H35N7O4. The summed E-state index contributed by atoms with van der Waals surface area (Å²) in [5, 5.41) is 0. The number of hydrogen-bond donors (Lipinski definition) is 1. The number of nitrogen functional groups attached to an aromatic ring is 1. The maximum absolute atomic E-state index is 12.4. The topological polar surface area (TPSA) is 130 Å². The van der Waals surface area contributed by atoms with E-state index in [0.717, 1.165) is 38.5 Å². The Morgan fingerprint density at radius 2 is 1.35 bits per heavy atom. The first kappa shape index (κ1) is 25.3. The van der Waals surface area contributed by atoms with Crippen LogP contribution in [0.3, 0.4) is 0 Å². The van der Waals surface area contributed by atoms with Gasteiger partial charge in [0.05, 0.1) is 6.34 Å². The van der Waals surface area contributed by atoms with Gasteiger partial charge in [-0.05, 0) is 38.5 Å². The summed E-state index contributed by atoms with van der Waals surface area (Å²) in [4.78, 5) is 53.9. The van der Waals surface area contributed by atoms with Crippen molar-refractivity contribution in [2.75, 3.05) is 19.8 Å². The third-order valence-electron chi connectivity index (χ3n) is 5.60. The Hall–Kier alpha value is -3.37. The maximum atomic E-state index is 12.4. The van der Waals surface area contributed by atoms with Gasteiger partial charge in [0.1, 0.15) is 11.6 Å². The molecule has 0 spiro atoms. The summed E-state index contributed by atoms with van der Waals surface area (Å²) >= 11 is 0. The molecule has 0 saturated heterocycles. The van der Waals surface area contributed by atoms with Crippen molar-refractivity contribution in [3.05, 3.63) is 53.8 Å². The van der Waals surface area contributed by atoms with E-state index in [1.54, 1.807) is 15.8 Å². The van der Waals surface area contributed by atoms with Gasteiger partial charge in [-0.2, -0.15) is 0 Å². The predicted molar refractivity (Wildman–Crippen MR) is 133 cm³/mol. The molecule has 4 rings (SSSR count). The molecule has 0 aliphatic heterocycles. The van der Waals surface area contributed by atoms with Crippen molar-refractivity contribution >= 4 is 18.0 Å². The first-order valence-electron chi connectivity index (χ1n) is 11.9. The highest BCUT2D eigenvalue weighted by molar-refractivity contribution is 5.58. The lowest BCUT2D eigenvalue weighted by atomic mass is 10.4. The van der Waals surface area contributed by atoms with Gasteiger partial charge in [-0.1, -0.05) is 13.8 Å². The van der Waals surface area contributed by atoms with Gasteiger partial charge in [-0.25, -0.2) is 14.6 Å². The van der Waals surface area contributed by atoms with Crippen molar-refractivity contribution in [3.8, 4) is 0 Å². The van der Waals surface area contributed by atoms with Crippen LogP contribution < -0.4 is 28.2 Å². The Balaban J connectivity index is 0.000000196. The summed E-state index contributed by atoms with van der Waals surface area (Å²) in [7, 11) is 3.69. The molecule has 0 aromatic carbocycles. The van der Waals surface area contributed by atoms with Gasteiger partial charge in [0.25, 0.3) is 11.1 Å². The molecule has 2 aliphatic carbocycles. The van der Waals surface area contributed by atoms with Crippen LogP contribution in [0.25, 0.3) is 0 Å². The van der Waals surface area contributed by atoms with Gasteiger partial charge in [-0.15, -0.1) is 0 Å². The highest BCUT2D eigenvalue weighted by Gasteiger charge is 2.28. The van der Waals surface area contributed by atoms with Gasteiger partial charge in [0.15, 0.2) is 0 Å². The van der Waals surface area contributed by atoms with Gasteiger partial charge < -0.3 is 10.6 Å². The van der Waals surface area contributed by atoms with Crippen LogP contribution in [0, 0.1) is 0 Å². The summed E-state index contributed by atoms with van der Waals surface area (Å²) in [5.41, 5.74) is 4.64. The standard InChI is InChI=1S/C13H20N4O2.C10H15N3O2/c1-4-7-16-11(14-9-15(2)3)8-12(18)17(13(16)19)10-5-6-10;1-2-5-12-8(11)6-9(14)13(10(12)15)7-3-4-7/h8-10H,4-7H2,1-3H3;6-7H,2-5,11H2,1H3. The van der Waals surface area contributed by atoms with E-state index in [9.17, 15) is 19.2 Å². The average Bonchev–Trinajstić information content (AvgIpc) is 3.67. The third kappa shape index (κ3) is 5.75. The number of nitrogens with zero attached hydrogens (tertiary/aromatic N) is 6. The molecule has 11 nitrogen and oxygen atoms in total. The Morgan fingerprint density at radius 3 is 1.82 bits per heavy atom. The molecule has 2 aliphatic rings. The molecule has 11 heteroatoms. The molecule has 0 radical (unpaired) electrons. The molecule has 34 heavy (non-hydrogen) atoms. The predicted octanol–water partition coefficient (Wildman–Crippen LogP) is 1.31. The van der Waals surface area contributed by atoms with Crippen LogP contribution in [0.4, 0.5) is 11.6 Å². The number of hydrogen-bond acceptors (Lipinski definition) is 6. The SMILES string of the molecule is CCCn1c(N)cc(=O)n(C2CC2)c1=O.CCCn1c(N=CN(C)C)cc(=O)n(C2CC2)c1=O. The lowest BCUT2D eigenvalue weighted by Gasteiger charge is -2.12. The fourth-order valence-electron chi connectivity index (χ4n) is 3.69. The number of rotatable bonds is 8. The smallest absolute Gasteiger partial charge is 0.332 e. The molecule has 0 amide bonds. The molecule has 2 aromatic heterocycles. The quantitative estimate of drug-likeness (QED) is 0.455. The second kappa shape index (κ2) is 10.7. The molecule has 186 valence electrons. The maximum Gasteiger partial charge on any atom is 0.332 e.